The highest BCUT2D eigenvalue weighted by Crippen LogP contribution is 2.37. The van der Waals surface area contributed by atoms with Gasteiger partial charge in [-0.1, -0.05) is 36.4 Å². The number of rotatable bonds is 9. The van der Waals surface area contributed by atoms with E-state index in [2.05, 4.69) is 21.2 Å². The van der Waals surface area contributed by atoms with E-state index in [0.29, 0.717) is 33.8 Å². The summed E-state index contributed by atoms with van der Waals surface area (Å²) in [5.74, 6) is 0.354. The van der Waals surface area contributed by atoms with Gasteiger partial charge in [0.25, 0.3) is 0 Å². The average Bonchev–Trinajstić information content (AvgIpc) is 2.82. The predicted octanol–water partition coefficient (Wildman–Crippen LogP) is 5.87. The zero-order valence-electron chi connectivity index (χ0n) is 18.3. The molecule has 0 aliphatic carbocycles. The van der Waals surface area contributed by atoms with E-state index in [4.69, 9.17) is 14.2 Å². The van der Waals surface area contributed by atoms with Gasteiger partial charge < -0.3 is 19.5 Å². The van der Waals surface area contributed by atoms with E-state index < -0.39 is 5.97 Å². The van der Waals surface area contributed by atoms with Gasteiger partial charge in [-0.2, -0.15) is 0 Å². The number of halogens is 1. The van der Waals surface area contributed by atoms with Crippen LogP contribution in [0.15, 0.2) is 77.3 Å². The van der Waals surface area contributed by atoms with E-state index >= 15 is 0 Å². The quantitative estimate of drug-likeness (QED) is 0.288. The van der Waals surface area contributed by atoms with Gasteiger partial charge in [0, 0.05) is 11.8 Å². The van der Waals surface area contributed by atoms with Gasteiger partial charge in [-0.15, -0.1) is 0 Å². The highest BCUT2D eigenvalue weighted by Gasteiger charge is 2.12. The third-order valence-corrected chi connectivity index (χ3v) is 5.14. The molecule has 1 N–H and O–H groups in total. The van der Waals surface area contributed by atoms with Gasteiger partial charge in [0.05, 0.1) is 23.8 Å². The van der Waals surface area contributed by atoms with Crippen molar-refractivity contribution in [2.24, 2.45) is 0 Å². The van der Waals surface area contributed by atoms with E-state index in [0.717, 1.165) is 11.1 Å². The zero-order chi connectivity index (χ0) is 23.6. The summed E-state index contributed by atoms with van der Waals surface area (Å²) < 4.78 is 17.1. The molecule has 0 bridgehead atoms. The largest absolute Gasteiger partial charge is 0.493 e. The smallest absolute Gasteiger partial charge is 0.338 e. The Morgan fingerprint density at radius 1 is 1.03 bits per heavy atom. The number of methoxy groups -OCH3 is 1. The van der Waals surface area contributed by atoms with Crippen LogP contribution < -0.4 is 14.8 Å². The van der Waals surface area contributed by atoms with Crippen molar-refractivity contribution in [3.63, 3.8) is 0 Å². The number of anilines is 1. The van der Waals surface area contributed by atoms with Crippen LogP contribution in [0, 0.1) is 0 Å². The minimum Gasteiger partial charge on any atom is -0.493 e. The topological polar surface area (TPSA) is 73.9 Å². The van der Waals surface area contributed by atoms with E-state index in [9.17, 15) is 9.59 Å². The third kappa shape index (κ3) is 6.95. The van der Waals surface area contributed by atoms with Crippen LogP contribution in [0.3, 0.4) is 0 Å². The van der Waals surface area contributed by atoms with Crippen molar-refractivity contribution in [2.45, 2.75) is 13.5 Å². The number of amides is 1. The first kappa shape index (κ1) is 24.1. The molecular weight excluding hydrogens is 486 g/mol. The highest BCUT2D eigenvalue weighted by atomic mass is 79.9. The fourth-order valence-electron chi connectivity index (χ4n) is 3.00. The molecule has 0 spiro atoms. The van der Waals surface area contributed by atoms with E-state index in [1.165, 1.54) is 6.08 Å². The number of hydrogen-bond acceptors (Lipinski definition) is 5. The monoisotopic (exact) mass is 509 g/mol. The second kappa shape index (κ2) is 11.9. The van der Waals surface area contributed by atoms with Gasteiger partial charge in [-0.3, -0.25) is 4.79 Å². The Balaban J connectivity index is 1.68. The van der Waals surface area contributed by atoms with Gasteiger partial charge in [0.2, 0.25) is 5.91 Å². The molecule has 7 heteroatoms. The highest BCUT2D eigenvalue weighted by molar-refractivity contribution is 9.10. The summed E-state index contributed by atoms with van der Waals surface area (Å²) in [5.41, 5.74) is 2.66. The van der Waals surface area contributed by atoms with Crippen molar-refractivity contribution in [2.75, 3.05) is 19.0 Å². The molecule has 1 amide bonds. The second-order valence-electron chi connectivity index (χ2n) is 6.93. The number of benzene rings is 3. The van der Waals surface area contributed by atoms with Crippen LogP contribution in [0.2, 0.25) is 0 Å². The van der Waals surface area contributed by atoms with Crippen molar-refractivity contribution in [3.05, 3.63) is 94.0 Å². The minimum absolute atomic E-state index is 0.285. The number of carbonyl (C=O) groups is 2. The lowest BCUT2D eigenvalue weighted by atomic mass is 10.1. The molecule has 0 saturated carbocycles. The SMILES string of the molecule is CCOC(=O)c1cccc(NC(=O)C=Cc2cc(Br)c(OCc3ccccc3)c(OC)c2)c1. The molecule has 0 fully saturated rings. The summed E-state index contributed by atoms with van der Waals surface area (Å²) in [6.45, 7) is 2.43. The number of esters is 1. The lowest BCUT2D eigenvalue weighted by Crippen LogP contribution is -2.09. The summed E-state index contributed by atoms with van der Waals surface area (Å²) in [7, 11) is 1.56. The van der Waals surface area contributed by atoms with Crippen molar-refractivity contribution in [1.29, 1.82) is 0 Å². The van der Waals surface area contributed by atoms with Crippen LogP contribution in [0.5, 0.6) is 11.5 Å². The first-order valence-corrected chi connectivity index (χ1v) is 11.1. The van der Waals surface area contributed by atoms with Gasteiger partial charge in [0.15, 0.2) is 11.5 Å². The fraction of sp³-hybridized carbons (Fsp3) is 0.154. The van der Waals surface area contributed by atoms with E-state index in [1.54, 1.807) is 50.4 Å². The minimum atomic E-state index is -0.435. The van der Waals surface area contributed by atoms with Gasteiger partial charge in [-0.05, 0) is 70.4 Å². The van der Waals surface area contributed by atoms with Crippen LogP contribution in [0.1, 0.15) is 28.4 Å². The molecule has 0 aromatic heterocycles. The molecule has 0 atom stereocenters. The molecule has 3 aromatic rings. The number of hydrogen-bond donors (Lipinski definition) is 1. The number of nitrogens with one attached hydrogen (secondary N) is 1. The predicted molar refractivity (Wildman–Crippen MR) is 132 cm³/mol. The maximum absolute atomic E-state index is 12.4. The van der Waals surface area contributed by atoms with Crippen LogP contribution >= 0.6 is 15.9 Å². The molecule has 0 saturated heterocycles. The third-order valence-electron chi connectivity index (χ3n) is 4.55. The van der Waals surface area contributed by atoms with E-state index in [1.807, 2.05) is 36.4 Å². The summed E-state index contributed by atoms with van der Waals surface area (Å²) in [4.78, 5) is 24.2. The molecule has 0 unspecified atom stereocenters. The molecule has 0 radical (unpaired) electrons. The van der Waals surface area contributed by atoms with Crippen LogP contribution in [-0.4, -0.2) is 25.6 Å². The Labute approximate surface area is 201 Å². The number of ether oxygens (including phenoxy) is 3. The molecule has 3 aromatic carbocycles. The molecule has 170 valence electrons. The standard InChI is InChI=1S/C26H24BrNO5/c1-3-32-26(30)20-10-7-11-21(16-20)28-24(29)13-12-19-14-22(27)25(23(15-19)31-2)33-17-18-8-5-4-6-9-18/h4-16H,3,17H2,1-2H3,(H,28,29). The molecule has 0 aliphatic rings. The number of carbonyl (C=O) groups excluding carboxylic acids is 2. The Bertz CT molecular complexity index is 1140. The van der Waals surface area contributed by atoms with Gasteiger partial charge >= 0.3 is 5.97 Å². The van der Waals surface area contributed by atoms with Crippen LogP contribution in [0.25, 0.3) is 6.08 Å². The average molecular weight is 510 g/mol. The summed E-state index contributed by atoms with van der Waals surface area (Å²) >= 11 is 3.52. The summed E-state index contributed by atoms with van der Waals surface area (Å²) in [5, 5.41) is 2.74. The summed E-state index contributed by atoms with van der Waals surface area (Å²) in [6, 6.07) is 20.1. The van der Waals surface area contributed by atoms with Crippen molar-refractivity contribution in [3.8, 4) is 11.5 Å². The zero-order valence-corrected chi connectivity index (χ0v) is 19.9. The second-order valence-corrected chi connectivity index (χ2v) is 7.79. The molecule has 33 heavy (non-hydrogen) atoms. The molecule has 0 aliphatic heterocycles. The normalized spacial score (nSPS) is 10.6. The lowest BCUT2D eigenvalue weighted by Gasteiger charge is -2.13. The van der Waals surface area contributed by atoms with Crippen LogP contribution in [0.4, 0.5) is 5.69 Å². The van der Waals surface area contributed by atoms with Gasteiger partial charge in [-0.25, -0.2) is 4.79 Å². The summed E-state index contributed by atoms with van der Waals surface area (Å²) in [6.07, 6.45) is 3.07. The Morgan fingerprint density at radius 2 is 1.82 bits per heavy atom. The van der Waals surface area contributed by atoms with Gasteiger partial charge in [0.1, 0.15) is 6.61 Å². The molecular formula is C26H24BrNO5. The first-order chi connectivity index (χ1) is 16.0. The first-order valence-electron chi connectivity index (χ1n) is 10.3. The maximum Gasteiger partial charge on any atom is 0.338 e. The Morgan fingerprint density at radius 3 is 2.55 bits per heavy atom. The lowest BCUT2D eigenvalue weighted by molar-refractivity contribution is -0.111. The Hall–Kier alpha value is -3.58. The van der Waals surface area contributed by atoms with E-state index in [-0.39, 0.29) is 12.5 Å². The van der Waals surface area contributed by atoms with Crippen molar-refractivity contribution >= 4 is 39.6 Å². The van der Waals surface area contributed by atoms with Crippen LogP contribution in [-0.2, 0) is 16.1 Å². The Kier molecular flexibility index (Phi) is 8.66. The van der Waals surface area contributed by atoms with Crippen molar-refractivity contribution < 1.29 is 23.8 Å². The molecule has 0 heterocycles. The maximum atomic E-state index is 12.4. The molecule has 6 nitrogen and oxygen atoms in total. The fourth-order valence-corrected chi connectivity index (χ4v) is 3.57. The molecule has 3 rings (SSSR count). The van der Waals surface area contributed by atoms with Crippen molar-refractivity contribution in [1.82, 2.24) is 0 Å².